The van der Waals surface area contributed by atoms with Gasteiger partial charge in [-0.15, -0.1) is 0 Å². The van der Waals surface area contributed by atoms with Gasteiger partial charge in [-0.2, -0.15) is 0 Å². The molecule has 0 spiro atoms. The third-order valence-corrected chi connectivity index (χ3v) is 2.92. The highest BCUT2D eigenvalue weighted by Crippen LogP contribution is 2.23. The van der Waals surface area contributed by atoms with E-state index >= 15 is 0 Å². The van der Waals surface area contributed by atoms with E-state index in [9.17, 15) is 8.42 Å². The van der Waals surface area contributed by atoms with Gasteiger partial charge in [-0.05, 0) is 18.6 Å². The van der Waals surface area contributed by atoms with Gasteiger partial charge in [0, 0.05) is 10.7 Å². The van der Waals surface area contributed by atoms with Crippen LogP contribution in [0.1, 0.15) is 5.56 Å². The maximum atomic E-state index is 10.9. The Balaban J connectivity index is 3.36. The Bertz CT molecular complexity index is 473. The summed E-state index contributed by atoms with van der Waals surface area (Å²) >= 11 is 0. The first kappa shape index (κ1) is 10.0. The van der Waals surface area contributed by atoms with Crippen molar-refractivity contribution in [1.29, 1.82) is 0 Å². The zero-order valence-corrected chi connectivity index (χ0v) is 8.35. The summed E-state index contributed by atoms with van der Waals surface area (Å²) in [7, 11) is 1.44. The van der Waals surface area contributed by atoms with E-state index in [0.717, 1.165) is 0 Å². The first-order chi connectivity index (χ1) is 5.95. The van der Waals surface area contributed by atoms with Crippen molar-refractivity contribution in [2.24, 2.45) is 0 Å². The summed E-state index contributed by atoms with van der Waals surface area (Å²) in [6, 6.07) is 4.15. The Morgan fingerprint density at radius 2 is 2.08 bits per heavy atom. The molecule has 1 aromatic rings. The molecule has 68 valence electrons. The number of benzene rings is 1. The molecule has 0 aliphatic carbocycles. The van der Waals surface area contributed by atoms with Crippen molar-refractivity contribution in [3.63, 3.8) is 0 Å². The first-order valence-corrected chi connectivity index (χ1v) is 5.69. The van der Waals surface area contributed by atoms with Crippen molar-refractivity contribution in [1.82, 2.24) is 0 Å². The summed E-state index contributed by atoms with van der Waals surface area (Å²) < 4.78 is 21.7. The van der Waals surface area contributed by atoms with Gasteiger partial charge in [0.1, 0.15) is 0 Å². The van der Waals surface area contributed by atoms with E-state index in [4.69, 9.17) is 17.3 Å². The lowest BCUT2D eigenvalue weighted by atomic mass is 10.2. The standard InChI is InChI=1S/C8H6ClNO2S/c1-6-5-7(13(9,11)12)3-4-8(6)10-2/h3-5H,1H3. The molecule has 0 fully saturated rings. The Kier molecular flexibility index (Phi) is 2.60. The number of halogens is 1. The minimum Gasteiger partial charge on any atom is -0.238 e. The molecule has 0 saturated carbocycles. The third-order valence-electron chi connectivity index (χ3n) is 1.57. The molecule has 3 nitrogen and oxygen atoms in total. The van der Waals surface area contributed by atoms with E-state index in [-0.39, 0.29) is 4.90 Å². The van der Waals surface area contributed by atoms with E-state index in [1.165, 1.54) is 18.2 Å². The molecule has 0 radical (unpaired) electrons. The number of nitrogens with zero attached hydrogens (tertiary/aromatic N) is 1. The predicted molar refractivity (Wildman–Crippen MR) is 50.5 cm³/mol. The average Bonchev–Trinajstić information content (AvgIpc) is 2.02. The fourth-order valence-corrected chi connectivity index (χ4v) is 1.74. The predicted octanol–water partition coefficient (Wildman–Crippen LogP) is 2.47. The normalized spacial score (nSPS) is 10.8. The van der Waals surface area contributed by atoms with Gasteiger partial charge in [0.15, 0.2) is 5.69 Å². The summed E-state index contributed by atoms with van der Waals surface area (Å²) in [5.74, 6) is 0. The maximum Gasteiger partial charge on any atom is 0.261 e. The fourth-order valence-electron chi connectivity index (χ4n) is 0.905. The monoisotopic (exact) mass is 215 g/mol. The van der Waals surface area contributed by atoms with Gasteiger partial charge in [0.2, 0.25) is 0 Å². The molecule has 0 heterocycles. The number of hydrogen-bond acceptors (Lipinski definition) is 2. The molecular weight excluding hydrogens is 210 g/mol. The summed E-state index contributed by atoms with van der Waals surface area (Å²) in [5, 5.41) is 0. The van der Waals surface area contributed by atoms with Crippen LogP contribution in [0.15, 0.2) is 23.1 Å². The van der Waals surface area contributed by atoms with Crippen LogP contribution in [0.4, 0.5) is 5.69 Å². The molecule has 0 aliphatic rings. The van der Waals surface area contributed by atoms with Crippen molar-refractivity contribution in [2.45, 2.75) is 11.8 Å². The Hall–Kier alpha value is -1.05. The van der Waals surface area contributed by atoms with Gasteiger partial charge in [-0.3, -0.25) is 0 Å². The van der Waals surface area contributed by atoms with Crippen LogP contribution in [-0.4, -0.2) is 8.42 Å². The molecule has 0 atom stereocenters. The molecule has 0 saturated heterocycles. The van der Waals surface area contributed by atoms with Crippen molar-refractivity contribution in [3.05, 3.63) is 35.2 Å². The van der Waals surface area contributed by atoms with Crippen molar-refractivity contribution in [3.8, 4) is 0 Å². The molecule has 1 aromatic carbocycles. The Morgan fingerprint density at radius 1 is 1.46 bits per heavy atom. The largest absolute Gasteiger partial charge is 0.261 e. The fraction of sp³-hybridized carbons (Fsp3) is 0.125. The van der Waals surface area contributed by atoms with E-state index in [0.29, 0.717) is 11.3 Å². The van der Waals surface area contributed by atoms with Gasteiger partial charge in [-0.1, -0.05) is 12.1 Å². The third kappa shape index (κ3) is 2.20. The topological polar surface area (TPSA) is 38.5 Å². The molecular formula is C8H6ClNO2S. The highest BCUT2D eigenvalue weighted by Gasteiger charge is 2.10. The second kappa shape index (κ2) is 3.36. The molecule has 5 heteroatoms. The van der Waals surface area contributed by atoms with E-state index in [1.54, 1.807) is 6.92 Å². The van der Waals surface area contributed by atoms with Gasteiger partial charge >= 0.3 is 0 Å². The van der Waals surface area contributed by atoms with E-state index in [1.807, 2.05) is 0 Å². The smallest absolute Gasteiger partial charge is 0.238 e. The lowest BCUT2D eigenvalue weighted by Gasteiger charge is -1.99. The van der Waals surface area contributed by atoms with Gasteiger partial charge in [0.25, 0.3) is 9.05 Å². The second-order valence-electron chi connectivity index (χ2n) is 2.50. The Morgan fingerprint density at radius 3 is 2.46 bits per heavy atom. The summed E-state index contributed by atoms with van der Waals surface area (Å²) in [4.78, 5) is 3.23. The summed E-state index contributed by atoms with van der Waals surface area (Å²) in [6.07, 6.45) is 0. The van der Waals surface area contributed by atoms with Crippen LogP contribution in [0, 0.1) is 13.5 Å². The first-order valence-electron chi connectivity index (χ1n) is 3.38. The lowest BCUT2D eigenvalue weighted by molar-refractivity contribution is 0.609. The summed E-state index contributed by atoms with van der Waals surface area (Å²) in [5.41, 5.74) is 1.04. The zero-order valence-electron chi connectivity index (χ0n) is 6.78. The molecule has 0 N–H and O–H groups in total. The van der Waals surface area contributed by atoms with Crippen LogP contribution in [0.5, 0.6) is 0 Å². The maximum absolute atomic E-state index is 10.9. The molecule has 0 bridgehead atoms. The SMILES string of the molecule is [C-]#[N+]c1ccc(S(=O)(=O)Cl)cc1C. The minimum atomic E-state index is -3.68. The van der Waals surface area contributed by atoms with Crippen LogP contribution >= 0.6 is 10.7 Å². The highest BCUT2D eigenvalue weighted by molar-refractivity contribution is 8.13. The number of rotatable bonds is 1. The van der Waals surface area contributed by atoms with Gasteiger partial charge < -0.3 is 0 Å². The minimum absolute atomic E-state index is 0.0269. The van der Waals surface area contributed by atoms with Crippen LogP contribution in [-0.2, 0) is 9.05 Å². The molecule has 13 heavy (non-hydrogen) atoms. The van der Waals surface area contributed by atoms with Crippen molar-refractivity contribution in [2.75, 3.05) is 0 Å². The quantitative estimate of drug-likeness (QED) is 0.533. The van der Waals surface area contributed by atoms with E-state index < -0.39 is 9.05 Å². The molecule has 0 amide bonds. The number of aryl methyl sites for hydroxylation is 1. The summed E-state index contributed by atoms with van der Waals surface area (Å²) in [6.45, 7) is 8.42. The highest BCUT2D eigenvalue weighted by atomic mass is 35.7. The molecule has 1 rings (SSSR count). The van der Waals surface area contributed by atoms with Gasteiger partial charge in [-0.25, -0.2) is 13.3 Å². The van der Waals surface area contributed by atoms with E-state index in [2.05, 4.69) is 4.85 Å². The lowest BCUT2D eigenvalue weighted by Crippen LogP contribution is -1.90. The van der Waals surface area contributed by atoms with Crippen molar-refractivity contribution >= 4 is 25.4 Å². The zero-order chi connectivity index (χ0) is 10.1. The van der Waals surface area contributed by atoms with Crippen LogP contribution in [0.25, 0.3) is 4.85 Å². The van der Waals surface area contributed by atoms with Gasteiger partial charge in [0.05, 0.1) is 11.5 Å². The molecule has 0 unspecified atom stereocenters. The van der Waals surface area contributed by atoms with Crippen LogP contribution < -0.4 is 0 Å². The molecule has 0 aliphatic heterocycles. The van der Waals surface area contributed by atoms with Crippen LogP contribution in [0.3, 0.4) is 0 Å². The van der Waals surface area contributed by atoms with Crippen LogP contribution in [0.2, 0.25) is 0 Å². The average molecular weight is 216 g/mol. The Labute approximate surface area is 81.2 Å². The number of hydrogen-bond donors (Lipinski definition) is 0. The van der Waals surface area contributed by atoms with Crippen molar-refractivity contribution < 1.29 is 8.42 Å². The second-order valence-corrected chi connectivity index (χ2v) is 5.06. The molecule has 0 aromatic heterocycles.